The summed E-state index contributed by atoms with van der Waals surface area (Å²) in [5.74, 6) is 3.63. The Morgan fingerprint density at radius 1 is 1.00 bits per heavy atom. The Balaban J connectivity index is 1.19. The lowest BCUT2D eigenvalue weighted by molar-refractivity contribution is -0.0610. The maximum absolute atomic E-state index is 6.15. The zero-order chi connectivity index (χ0) is 19.1. The smallest absolute Gasteiger partial charge is 0.126 e. The Labute approximate surface area is 171 Å². The molecule has 3 aliphatic carbocycles. The number of nitrogen functional groups attached to an aromatic ring is 1. The fraction of sp³-hybridized carbons (Fsp3) is 0.652. The van der Waals surface area contributed by atoms with E-state index in [1.807, 2.05) is 6.20 Å². The third-order valence-electron chi connectivity index (χ3n) is 8.15. The normalized spacial score (nSPS) is 32.1. The summed E-state index contributed by atoms with van der Waals surface area (Å²) in [4.78, 5) is 7.17. The molecule has 0 aromatic carbocycles. The van der Waals surface area contributed by atoms with Crippen molar-refractivity contribution in [2.24, 2.45) is 11.8 Å². The van der Waals surface area contributed by atoms with Crippen LogP contribution in [0.4, 0.5) is 5.82 Å². The molecule has 5 fully saturated rings. The second kappa shape index (κ2) is 6.05. The number of nitrogens with two attached hydrogens (primary N) is 1. The van der Waals surface area contributed by atoms with Gasteiger partial charge in [-0.3, -0.25) is 9.58 Å². The summed E-state index contributed by atoms with van der Waals surface area (Å²) in [5.41, 5.74) is 11.1. The largest absolute Gasteiger partial charge is 0.383 e. The minimum absolute atomic E-state index is 0.598. The molecule has 0 bridgehead atoms. The van der Waals surface area contributed by atoms with Crippen LogP contribution in [0.2, 0.25) is 0 Å². The number of ether oxygens (including phenoxy) is 1. The number of aromatic nitrogens is 3. The number of pyridine rings is 1. The van der Waals surface area contributed by atoms with Crippen LogP contribution in [0.1, 0.15) is 61.2 Å². The average molecular weight is 392 g/mol. The molecule has 152 valence electrons. The van der Waals surface area contributed by atoms with Crippen molar-refractivity contribution in [1.29, 1.82) is 0 Å². The number of hydrogen-bond donors (Lipinski definition) is 1. The Hall–Kier alpha value is -1.92. The first-order valence-corrected chi connectivity index (χ1v) is 11.4. The molecule has 0 radical (unpaired) electrons. The summed E-state index contributed by atoms with van der Waals surface area (Å²) < 4.78 is 7.80. The van der Waals surface area contributed by atoms with Crippen molar-refractivity contribution in [1.82, 2.24) is 19.7 Å². The Morgan fingerprint density at radius 2 is 1.79 bits per heavy atom. The highest BCUT2D eigenvalue weighted by Crippen LogP contribution is 2.59. The van der Waals surface area contributed by atoms with Gasteiger partial charge in [-0.2, -0.15) is 5.10 Å². The lowest BCUT2D eigenvalue weighted by Crippen LogP contribution is -2.48. The first kappa shape index (κ1) is 16.8. The van der Waals surface area contributed by atoms with Crippen LogP contribution in [-0.2, 0) is 4.74 Å². The van der Waals surface area contributed by atoms with Crippen LogP contribution >= 0.6 is 0 Å². The molecular weight excluding hydrogens is 362 g/mol. The van der Waals surface area contributed by atoms with Crippen LogP contribution in [0.5, 0.6) is 0 Å². The van der Waals surface area contributed by atoms with Gasteiger partial charge in [0.15, 0.2) is 0 Å². The van der Waals surface area contributed by atoms with Gasteiger partial charge in [0, 0.05) is 36.5 Å². The summed E-state index contributed by atoms with van der Waals surface area (Å²) >= 11 is 0. The molecule has 29 heavy (non-hydrogen) atoms. The van der Waals surface area contributed by atoms with Crippen molar-refractivity contribution < 1.29 is 4.74 Å². The molecule has 5 aliphatic rings. The molecule has 2 saturated heterocycles. The Kier molecular flexibility index (Phi) is 3.51. The van der Waals surface area contributed by atoms with Gasteiger partial charge in [-0.25, -0.2) is 4.98 Å². The monoisotopic (exact) mass is 391 g/mol. The van der Waals surface area contributed by atoms with Crippen LogP contribution < -0.4 is 5.73 Å². The number of likely N-dealkylation sites (tertiary alicyclic amines) is 1. The van der Waals surface area contributed by atoms with E-state index in [0.717, 1.165) is 36.3 Å². The zero-order valence-electron chi connectivity index (χ0n) is 16.8. The molecule has 0 spiro atoms. The molecule has 6 heteroatoms. The van der Waals surface area contributed by atoms with Crippen molar-refractivity contribution in [3.63, 3.8) is 0 Å². The molecule has 6 nitrogen and oxygen atoms in total. The van der Waals surface area contributed by atoms with Gasteiger partial charge in [0.2, 0.25) is 0 Å². The highest BCUT2D eigenvalue weighted by atomic mass is 16.5. The first-order valence-electron chi connectivity index (χ1n) is 11.4. The molecule has 3 saturated carbocycles. The molecule has 2 aliphatic heterocycles. The van der Waals surface area contributed by atoms with E-state index in [4.69, 9.17) is 15.6 Å². The van der Waals surface area contributed by atoms with Crippen molar-refractivity contribution in [3.8, 4) is 11.3 Å². The molecule has 0 unspecified atom stereocenters. The molecule has 2 N–H and O–H groups in total. The Morgan fingerprint density at radius 3 is 2.41 bits per heavy atom. The third kappa shape index (κ3) is 2.61. The second-order valence-corrected chi connectivity index (χ2v) is 9.96. The van der Waals surface area contributed by atoms with Crippen molar-refractivity contribution in [2.75, 3.05) is 32.0 Å². The topological polar surface area (TPSA) is 69.2 Å². The average Bonchev–Trinajstić information content (AvgIpc) is 3.50. The van der Waals surface area contributed by atoms with Gasteiger partial charge >= 0.3 is 0 Å². The van der Waals surface area contributed by atoms with E-state index < -0.39 is 0 Å². The zero-order valence-corrected chi connectivity index (χ0v) is 16.8. The fourth-order valence-electron chi connectivity index (χ4n) is 5.81. The van der Waals surface area contributed by atoms with Crippen LogP contribution in [0.15, 0.2) is 18.3 Å². The van der Waals surface area contributed by atoms with Crippen LogP contribution in [0.3, 0.4) is 0 Å². The molecular formula is C23H29N5O. The highest BCUT2D eigenvalue weighted by Gasteiger charge is 2.59. The van der Waals surface area contributed by atoms with Gasteiger partial charge in [-0.05, 0) is 67.6 Å². The second-order valence-electron chi connectivity index (χ2n) is 9.96. The van der Waals surface area contributed by atoms with E-state index >= 15 is 0 Å². The number of anilines is 1. The van der Waals surface area contributed by atoms with Crippen molar-refractivity contribution >= 4 is 5.82 Å². The number of fused-ring (bicyclic) bond motifs is 1. The number of hydrogen-bond acceptors (Lipinski definition) is 5. The third-order valence-corrected chi connectivity index (χ3v) is 8.15. The van der Waals surface area contributed by atoms with E-state index in [9.17, 15) is 0 Å². The van der Waals surface area contributed by atoms with Crippen LogP contribution in [0, 0.1) is 11.8 Å². The molecule has 2 aromatic rings. The summed E-state index contributed by atoms with van der Waals surface area (Å²) in [7, 11) is 0. The van der Waals surface area contributed by atoms with Crippen LogP contribution in [0.25, 0.3) is 11.3 Å². The number of rotatable bonds is 5. The molecule has 3 atom stereocenters. The summed E-state index contributed by atoms with van der Waals surface area (Å²) in [6.45, 7) is 4.34. The number of piperidine rings is 1. The predicted octanol–water partition coefficient (Wildman–Crippen LogP) is 3.17. The molecule has 2 aromatic heterocycles. The fourth-order valence-corrected chi connectivity index (χ4v) is 5.81. The van der Waals surface area contributed by atoms with Crippen LogP contribution in [-0.4, -0.2) is 52.0 Å². The van der Waals surface area contributed by atoms with E-state index in [2.05, 4.69) is 26.7 Å². The SMILES string of the molecule is Nc1ncc(-c2cc([C@H]3[C@@H]4CN(C5COC5)C[C@@H]43)n(C3CCC3)n2)cc1C1CC1. The predicted molar refractivity (Wildman–Crippen MR) is 111 cm³/mol. The summed E-state index contributed by atoms with van der Waals surface area (Å²) in [6.07, 6.45) is 8.28. The highest BCUT2D eigenvalue weighted by molar-refractivity contribution is 5.63. The first-order chi connectivity index (χ1) is 14.3. The quantitative estimate of drug-likeness (QED) is 0.848. The molecule has 4 heterocycles. The van der Waals surface area contributed by atoms with Gasteiger partial charge < -0.3 is 10.5 Å². The van der Waals surface area contributed by atoms with Crippen molar-refractivity contribution in [2.45, 2.75) is 56.0 Å². The minimum Gasteiger partial charge on any atom is -0.383 e. The maximum atomic E-state index is 6.15. The number of nitrogens with zero attached hydrogens (tertiary/aromatic N) is 4. The van der Waals surface area contributed by atoms with Gasteiger partial charge in [0.1, 0.15) is 5.82 Å². The van der Waals surface area contributed by atoms with E-state index in [1.54, 1.807) is 0 Å². The van der Waals surface area contributed by atoms with E-state index in [1.165, 1.54) is 56.5 Å². The minimum atomic E-state index is 0.598. The lowest BCUT2D eigenvalue weighted by Gasteiger charge is -2.36. The van der Waals surface area contributed by atoms with E-state index in [0.29, 0.717) is 29.7 Å². The summed E-state index contributed by atoms with van der Waals surface area (Å²) in [5, 5.41) is 5.13. The van der Waals surface area contributed by atoms with Gasteiger partial charge in [-0.15, -0.1) is 0 Å². The van der Waals surface area contributed by atoms with Gasteiger partial charge in [0.25, 0.3) is 0 Å². The Bertz CT molecular complexity index is 946. The van der Waals surface area contributed by atoms with E-state index in [-0.39, 0.29) is 0 Å². The molecule has 7 rings (SSSR count). The lowest BCUT2D eigenvalue weighted by atomic mass is 9.93. The summed E-state index contributed by atoms with van der Waals surface area (Å²) in [6, 6.07) is 5.91. The standard InChI is InChI=1S/C23H29N5O/c24-23-17(13-4-5-13)6-14(8-25-23)20-7-21(28(26-20)15-2-1-3-15)22-18-9-27(10-19(18)22)16-11-29-12-16/h6-8,13,15-16,18-19,22H,1-5,9-12H2,(H2,24,25)/t18-,19+,22+. The molecule has 0 amide bonds. The maximum Gasteiger partial charge on any atom is 0.126 e. The van der Waals surface area contributed by atoms with Gasteiger partial charge in [-0.1, -0.05) is 0 Å². The van der Waals surface area contributed by atoms with Gasteiger partial charge in [0.05, 0.1) is 31.0 Å². The van der Waals surface area contributed by atoms with Crippen molar-refractivity contribution in [3.05, 3.63) is 29.6 Å².